The van der Waals surface area contributed by atoms with Gasteiger partial charge < -0.3 is 15.5 Å². The number of aromatic nitrogens is 1. The molecule has 1 aromatic heterocycles. The van der Waals surface area contributed by atoms with Gasteiger partial charge in [0.15, 0.2) is 0 Å². The number of nitrogens with one attached hydrogen (secondary N) is 2. The summed E-state index contributed by atoms with van der Waals surface area (Å²) >= 11 is 5.92. The summed E-state index contributed by atoms with van der Waals surface area (Å²) in [4.78, 5) is 30.5. The fourth-order valence-corrected chi connectivity index (χ4v) is 2.37. The third-order valence-electron chi connectivity index (χ3n) is 3.54. The van der Waals surface area contributed by atoms with Gasteiger partial charge in [0.1, 0.15) is 0 Å². The van der Waals surface area contributed by atoms with E-state index in [0.29, 0.717) is 28.4 Å². The molecule has 0 aliphatic heterocycles. The summed E-state index contributed by atoms with van der Waals surface area (Å²) in [5.41, 5.74) is 2.18. The normalized spacial score (nSPS) is 10.6. The van der Waals surface area contributed by atoms with Crippen LogP contribution < -0.4 is 10.6 Å². The fraction of sp³-hybridized carbons (Fsp3) is 0.278. The van der Waals surface area contributed by atoms with E-state index in [1.54, 1.807) is 18.2 Å². The van der Waals surface area contributed by atoms with Crippen molar-refractivity contribution in [2.45, 2.75) is 6.92 Å². The number of rotatable bonds is 6. The molecule has 0 aliphatic rings. The van der Waals surface area contributed by atoms with Crippen molar-refractivity contribution in [2.24, 2.45) is 0 Å². The second-order valence-corrected chi connectivity index (χ2v) is 6.37. The van der Waals surface area contributed by atoms with Crippen molar-refractivity contribution >= 4 is 29.1 Å². The van der Waals surface area contributed by atoms with E-state index in [9.17, 15) is 9.59 Å². The molecule has 132 valence electrons. The maximum atomic E-state index is 12.4. The van der Waals surface area contributed by atoms with Crippen LogP contribution in [-0.4, -0.2) is 48.9 Å². The van der Waals surface area contributed by atoms with E-state index < -0.39 is 0 Å². The number of aryl methyl sites for hydroxylation is 1. The fourth-order valence-electron chi connectivity index (χ4n) is 2.15. The minimum atomic E-state index is -0.333. The molecule has 0 saturated heterocycles. The van der Waals surface area contributed by atoms with Gasteiger partial charge in [-0.2, -0.15) is 0 Å². The quantitative estimate of drug-likeness (QED) is 0.830. The molecule has 0 bridgehead atoms. The van der Waals surface area contributed by atoms with Crippen LogP contribution in [0.15, 0.2) is 36.7 Å². The van der Waals surface area contributed by atoms with Crippen molar-refractivity contribution in [3.8, 4) is 0 Å². The number of halogens is 1. The van der Waals surface area contributed by atoms with E-state index in [0.717, 1.165) is 12.1 Å². The average molecular weight is 361 g/mol. The molecule has 0 fully saturated rings. The molecule has 2 rings (SSSR count). The maximum absolute atomic E-state index is 12.4. The van der Waals surface area contributed by atoms with Crippen LogP contribution in [-0.2, 0) is 0 Å². The number of hydrogen-bond acceptors (Lipinski definition) is 4. The van der Waals surface area contributed by atoms with Gasteiger partial charge in [0, 0.05) is 36.2 Å². The minimum absolute atomic E-state index is 0.258. The summed E-state index contributed by atoms with van der Waals surface area (Å²) in [5.74, 6) is -0.590. The summed E-state index contributed by atoms with van der Waals surface area (Å²) in [7, 11) is 3.86. The Morgan fingerprint density at radius 2 is 1.80 bits per heavy atom. The molecule has 0 spiro atoms. The van der Waals surface area contributed by atoms with Crippen LogP contribution in [0.1, 0.15) is 26.3 Å². The summed E-state index contributed by atoms with van der Waals surface area (Å²) < 4.78 is 0. The first-order chi connectivity index (χ1) is 11.9. The highest BCUT2D eigenvalue weighted by molar-refractivity contribution is 6.30. The molecule has 0 unspecified atom stereocenters. The molecular weight excluding hydrogens is 340 g/mol. The van der Waals surface area contributed by atoms with Gasteiger partial charge in [-0.25, -0.2) is 0 Å². The Balaban J connectivity index is 2.06. The van der Waals surface area contributed by atoms with Gasteiger partial charge >= 0.3 is 0 Å². The van der Waals surface area contributed by atoms with Crippen LogP contribution in [0.2, 0.25) is 5.02 Å². The number of carbonyl (C=O) groups excluding carboxylic acids is 2. The highest BCUT2D eigenvalue weighted by Crippen LogP contribution is 2.20. The number of benzene rings is 1. The lowest BCUT2D eigenvalue weighted by atomic mass is 10.1. The molecule has 6 nitrogen and oxygen atoms in total. The predicted octanol–water partition coefficient (Wildman–Crippen LogP) is 2.59. The highest BCUT2D eigenvalue weighted by atomic mass is 35.5. The molecule has 7 heteroatoms. The summed E-state index contributed by atoms with van der Waals surface area (Å²) in [6.45, 7) is 3.11. The lowest BCUT2D eigenvalue weighted by molar-refractivity contribution is 0.0950. The Kier molecular flexibility index (Phi) is 6.50. The lowest BCUT2D eigenvalue weighted by Gasteiger charge is -2.11. The lowest BCUT2D eigenvalue weighted by Crippen LogP contribution is -2.31. The molecule has 1 aromatic carbocycles. The van der Waals surface area contributed by atoms with Gasteiger partial charge in [0.25, 0.3) is 11.8 Å². The monoisotopic (exact) mass is 360 g/mol. The number of carbonyl (C=O) groups is 2. The van der Waals surface area contributed by atoms with Crippen molar-refractivity contribution in [3.05, 3.63) is 58.4 Å². The van der Waals surface area contributed by atoms with Crippen LogP contribution in [0.25, 0.3) is 0 Å². The first-order valence-electron chi connectivity index (χ1n) is 7.82. The zero-order valence-electron chi connectivity index (χ0n) is 14.5. The van der Waals surface area contributed by atoms with Crippen molar-refractivity contribution in [1.29, 1.82) is 0 Å². The van der Waals surface area contributed by atoms with Gasteiger partial charge in [0.2, 0.25) is 0 Å². The van der Waals surface area contributed by atoms with E-state index in [-0.39, 0.29) is 11.8 Å². The zero-order chi connectivity index (χ0) is 18.4. The van der Waals surface area contributed by atoms with Crippen LogP contribution in [0, 0.1) is 6.92 Å². The van der Waals surface area contributed by atoms with Gasteiger partial charge in [-0.05, 0) is 50.8 Å². The van der Waals surface area contributed by atoms with E-state index in [1.807, 2.05) is 25.9 Å². The largest absolute Gasteiger partial charge is 0.351 e. The SMILES string of the molecule is Cc1cc(Cl)ccc1NC(=O)c1cncc(C(=O)NCCN(C)C)c1. The van der Waals surface area contributed by atoms with E-state index in [2.05, 4.69) is 15.6 Å². The minimum Gasteiger partial charge on any atom is -0.351 e. The summed E-state index contributed by atoms with van der Waals surface area (Å²) in [6, 6.07) is 6.74. The first-order valence-corrected chi connectivity index (χ1v) is 8.20. The molecule has 0 saturated carbocycles. The number of likely N-dealkylation sites (N-methyl/N-ethyl adjacent to an activating group) is 1. The van der Waals surface area contributed by atoms with Crippen molar-refractivity contribution in [3.63, 3.8) is 0 Å². The van der Waals surface area contributed by atoms with E-state index >= 15 is 0 Å². The first kappa shape index (κ1) is 18.9. The van der Waals surface area contributed by atoms with Crippen LogP contribution in [0.3, 0.4) is 0 Å². The summed E-state index contributed by atoms with van der Waals surface area (Å²) in [5, 5.41) is 6.20. The number of amides is 2. The smallest absolute Gasteiger partial charge is 0.257 e. The zero-order valence-corrected chi connectivity index (χ0v) is 15.2. The number of anilines is 1. The topological polar surface area (TPSA) is 74.3 Å². The molecule has 0 atom stereocenters. The predicted molar refractivity (Wildman–Crippen MR) is 99.3 cm³/mol. The molecule has 2 amide bonds. The van der Waals surface area contributed by atoms with Crippen LogP contribution in [0.4, 0.5) is 5.69 Å². The van der Waals surface area contributed by atoms with Gasteiger partial charge in [0.05, 0.1) is 11.1 Å². The Labute approximate surface area is 152 Å². The van der Waals surface area contributed by atoms with E-state index in [1.165, 1.54) is 18.5 Å². The maximum Gasteiger partial charge on any atom is 0.257 e. The number of pyridine rings is 1. The van der Waals surface area contributed by atoms with Crippen molar-refractivity contribution < 1.29 is 9.59 Å². The van der Waals surface area contributed by atoms with Crippen LogP contribution in [0.5, 0.6) is 0 Å². The Hall–Kier alpha value is -2.44. The van der Waals surface area contributed by atoms with Crippen molar-refractivity contribution in [2.75, 3.05) is 32.5 Å². The Morgan fingerprint density at radius 3 is 2.44 bits per heavy atom. The second-order valence-electron chi connectivity index (χ2n) is 5.93. The molecule has 2 aromatic rings. The molecule has 2 N–H and O–H groups in total. The van der Waals surface area contributed by atoms with Gasteiger partial charge in [-0.3, -0.25) is 14.6 Å². The second kappa shape index (κ2) is 8.60. The van der Waals surface area contributed by atoms with Gasteiger partial charge in [-0.15, -0.1) is 0 Å². The highest BCUT2D eigenvalue weighted by Gasteiger charge is 2.12. The van der Waals surface area contributed by atoms with Gasteiger partial charge in [-0.1, -0.05) is 11.6 Å². The molecule has 25 heavy (non-hydrogen) atoms. The Bertz CT molecular complexity index is 777. The van der Waals surface area contributed by atoms with Crippen LogP contribution >= 0.6 is 11.6 Å². The molecular formula is C18H21ClN4O2. The Morgan fingerprint density at radius 1 is 1.12 bits per heavy atom. The third-order valence-corrected chi connectivity index (χ3v) is 3.78. The number of nitrogens with zero attached hydrogens (tertiary/aromatic N) is 2. The van der Waals surface area contributed by atoms with E-state index in [4.69, 9.17) is 11.6 Å². The third kappa shape index (κ3) is 5.55. The molecule has 1 heterocycles. The molecule has 0 radical (unpaired) electrons. The summed E-state index contributed by atoms with van der Waals surface area (Å²) in [6.07, 6.45) is 2.87. The average Bonchev–Trinajstić information content (AvgIpc) is 2.57. The standard InChI is InChI=1S/C18H21ClN4O2/c1-12-8-15(19)4-5-16(12)22-18(25)14-9-13(10-20-11-14)17(24)21-6-7-23(2)3/h4-5,8-11H,6-7H2,1-3H3,(H,21,24)(H,22,25). The molecule has 0 aliphatic carbocycles. The number of hydrogen-bond donors (Lipinski definition) is 2. The van der Waals surface area contributed by atoms with Crippen molar-refractivity contribution in [1.82, 2.24) is 15.2 Å².